The van der Waals surface area contributed by atoms with Gasteiger partial charge in [0.05, 0.1) is 0 Å². The van der Waals surface area contributed by atoms with Crippen LogP contribution in [-0.2, 0) is 0 Å². The highest BCUT2D eigenvalue weighted by Crippen LogP contribution is 2.13. The van der Waals surface area contributed by atoms with Crippen LogP contribution in [-0.4, -0.2) is 6.54 Å². The van der Waals surface area contributed by atoms with E-state index >= 15 is 0 Å². The minimum atomic E-state index is 0.724. The highest BCUT2D eigenvalue weighted by atomic mass is 79.9. The third-order valence-corrected chi connectivity index (χ3v) is 1.70. The molecule has 0 atom stereocenters. The van der Waals surface area contributed by atoms with Gasteiger partial charge in [0.15, 0.2) is 0 Å². The fourth-order valence-corrected chi connectivity index (χ4v) is 0.976. The van der Waals surface area contributed by atoms with Crippen LogP contribution in [0.4, 0.5) is 5.69 Å². The number of hydrogen-bond acceptors (Lipinski definition) is 1. The molecule has 0 aliphatic rings. The predicted octanol–water partition coefficient (Wildman–Crippen LogP) is 2.70. The summed E-state index contributed by atoms with van der Waals surface area (Å²) in [6, 6.07) is 8.01. The summed E-state index contributed by atoms with van der Waals surface area (Å²) < 4.78 is 1.10. The molecular weight excluding hydrogens is 190 g/mol. The third kappa shape index (κ3) is 2.03. The van der Waals surface area contributed by atoms with E-state index in [1.807, 2.05) is 24.3 Å². The maximum Gasteiger partial charge on any atom is 0.0340 e. The molecule has 1 rings (SSSR count). The zero-order valence-corrected chi connectivity index (χ0v) is 7.19. The predicted molar refractivity (Wildman–Crippen MR) is 48.0 cm³/mol. The number of rotatable bonds is 2. The lowest BCUT2D eigenvalue weighted by Crippen LogP contribution is -1.95. The smallest absolute Gasteiger partial charge is 0.0340 e. The maximum atomic E-state index is 3.68. The zero-order chi connectivity index (χ0) is 7.40. The molecule has 0 saturated heterocycles. The molecule has 0 aliphatic heterocycles. The van der Waals surface area contributed by atoms with Gasteiger partial charge in [0.25, 0.3) is 0 Å². The Morgan fingerprint density at radius 1 is 1.30 bits per heavy atom. The van der Waals surface area contributed by atoms with E-state index in [1.54, 1.807) is 0 Å². The number of anilines is 1. The Bertz CT molecular complexity index is 193. The van der Waals surface area contributed by atoms with Gasteiger partial charge in [-0.05, 0) is 31.2 Å². The Kier molecular flexibility index (Phi) is 2.75. The molecule has 0 amide bonds. The molecule has 0 spiro atoms. The van der Waals surface area contributed by atoms with E-state index in [2.05, 4.69) is 28.2 Å². The average molecular weight is 199 g/mol. The first-order valence-corrected chi connectivity index (χ1v) is 3.91. The molecular formula is C8H9BrN. The Hall–Kier alpha value is -0.500. The Balaban J connectivity index is 2.69. The summed E-state index contributed by atoms with van der Waals surface area (Å²) in [6.45, 7) is 4.40. The Labute approximate surface area is 69.6 Å². The second-order valence-electron chi connectivity index (χ2n) is 1.93. The Morgan fingerprint density at radius 2 is 1.90 bits per heavy atom. The van der Waals surface area contributed by atoms with Gasteiger partial charge in [-0.25, -0.2) is 0 Å². The third-order valence-electron chi connectivity index (χ3n) is 1.17. The van der Waals surface area contributed by atoms with Crippen LogP contribution in [0.1, 0.15) is 0 Å². The first-order valence-electron chi connectivity index (χ1n) is 3.11. The lowest BCUT2D eigenvalue weighted by molar-refractivity contribution is 1.34. The van der Waals surface area contributed by atoms with Gasteiger partial charge in [-0.2, -0.15) is 0 Å². The molecule has 0 heterocycles. The van der Waals surface area contributed by atoms with Crippen molar-refractivity contribution in [2.45, 2.75) is 0 Å². The van der Waals surface area contributed by atoms with E-state index in [0.717, 1.165) is 16.7 Å². The minimum Gasteiger partial charge on any atom is -0.385 e. The molecule has 1 aromatic rings. The second kappa shape index (κ2) is 3.62. The van der Waals surface area contributed by atoms with E-state index in [1.165, 1.54) is 0 Å². The van der Waals surface area contributed by atoms with Crippen molar-refractivity contribution in [1.29, 1.82) is 0 Å². The molecule has 53 valence electrons. The van der Waals surface area contributed by atoms with Crippen LogP contribution >= 0.6 is 15.9 Å². The quantitative estimate of drug-likeness (QED) is 0.771. The lowest BCUT2D eigenvalue weighted by atomic mass is 10.3. The highest BCUT2D eigenvalue weighted by Gasteiger charge is 1.87. The summed E-state index contributed by atoms with van der Waals surface area (Å²) in [5.41, 5.74) is 1.11. The van der Waals surface area contributed by atoms with Crippen molar-refractivity contribution in [2.24, 2.45) is 0 Å². The first kappa shape index (κ1) is 7.61. The Morgan fingerprint density at radius 3 is 2.40 bits per heavy atom. The van der Waals surface area contributed by atoms with Gasteiger partial charge in [-0.1, -0.05) is 15.9 Å². The van der Waals surface area contributed by atoms with Crippen LogP contribution in [0.25, 0.3) is 0 Å². The molecule has 1 aromatic carbocycles. The average Bonchev–Trinajstić information content (AvgIpc) is 1.95. The first-order chi connectivity index (χ1) is 4.83. The van der Waals surface area contributed by atoms with E-state index in [0.29, 0.717) is 0 Å². The van der Waals surface area contributed by atoms with E-state index in [4.69, 9.17) is 0 Å². The molecule has 0 bridgehead atoms. The summed E-state index contributed by atoms with van der Waals surface area (Å²) in [4.78, 5) is 0. The fraction of sp³-hybridized carbons (Fsp3) is 0.125. The molecule has 1 nitrogen and oxygen atoms in total. The van der Waals surface area contributed by atoms with Gasteiger partial charge in [-0.3, -0.25) is 0 Å². The van der Waals surface area contributed by atoms with Crippen LogP contribution in [0.2, 0.25) is 0 Å². The molecule has 0 aliphatic carbocycles. The van der Waals surface area contributed by atoms with Gasteiger partial charge in [-0.15, -0.1) is 0 Å². The van der Waals surface area contributed by atoms with E-state index in [-0.39, 0.29) is 0 Å². The molecule has 0 unspecified atom stereocenters. The molecule has 0 fully saturated rings. The number of hydrogen-bond donors (Lipinski definition) is 1. The monoisotopic (exact) mass is 198 g/mol. The van der Waals surface area contributed by atoms with Crippen molar-refractivity contribution >= 4 is 21.6 Å². The van der Waals surface area contributed by atoms with Crippen molar-refractivity contribution in [1.82, 2.24) is 0 Å². The largest absolute Gasteiger partial charge is 0.385 e. The summed E-state index contributed by atoms with van der Waals surface area (Å²) in [5.74, 6) is 0. The fourth-order valence-electron chi connectivity index (χ4n) is 0.712. The van der Waals surface area contributed by atoms with Gasteiger partial charge in [0.1, 0.15) is 0 Å². The van der Waals surface area contributed by atoms with Crippen molar-refractivity contribution in [2.75, 3.05) is 11.9 Å². The lowest BCUT2D eigenvalue weighted by Gasteiger charge is -2.00. The maximum absolute atomic E-state index is 3.68. The van der Waals surface area contributed by atoms with Crippen LogP contribution in [0.5, 0.6) is 0 Å². The molecule has 1 N–H and O–H groups in total. The molecule has 0 saturated carbocycles. The second-order valence-corrected chi connectivity index (χ2v) is 2.85. The minimum absolute atomic E-state index is 0.724. The molecule has 0 aromatic heterocycles. The summed E-state index contributed by atoms with van der Waals surface area (Å²) >= 11 is 3.35. The van der Waals surface area contributed by atoms with Crippen LogP contribution in [0.3, 0.4) is 0 Å². The van der Waals surface area contributed by atoms with Crippen molar-refractivity contribution < 1.29 is 0 Å². The molecule has 2 heteroatoms. The van der Waals surface area contributed by atoms with Crippen LogP contribution in [0.15, 0.2) is 28.7 Å². The normalized spacial score (nSPS) is 9.40. The number of nitrogens with one attached hydrogen (secondary N) is 1. The van der Waals surface area contributed by atoms with Gasteiger partial charge in [0, 0.05) is 16.7 Å². The summed E-state index contributed by atoms with van der Waals surface area (Å²) in [7, 11) is 0. The summed E-state index contributed by atoms with van der Waals surface area (Å²) in [5, 5.41) is 3.10. The topological polar surface area (TPSA) is 12.0 Å². The van der Waals surface area contributed by atoms with E-state index < -0.39 is 0 Å². The SMILES string of the molecule is [CH2]CNc1ccc(Br)cc1. The van der Waals surface area contributed by atoms with Crippen LogP contribution < -0.4 is 5.32 Å². The number of benzene rings is 1. The van der Waals surface area contributed by atoms with Crippen molar-refractivity contribution in [3.63, 3.8) is 0 Å². The van der Waals surface area contributed by atoms with Crippen molar-refractivity contribution in [3.05, 3.63) is 35.7 Å². The highest BCUT2D eigenvalue weighted by molar-refractivity contribution is 9.10. The van der Waals surface area contributed by atoms with Gasteiger partial charge < -0.3 is 5.32 Å². The van der Waals surface area contributed by atoms with Gasteiger partial charge >= 0.3 is 0 Å². The molecule has 1 radical (unpaired) electrons. The van der Waals surface area contributed by atoms with E-state index in [9.17, 15) is 0 Å². The van der Waals surface area contributed by atoms with Crippen LogP contribution in [0, 0.1) is 6.92 Å². The number of halogens is 1. The molecule has 10 heavy (non-hydrogen) atoms. The van der Waals surface area contributed by atoms with Gasteiger partial charge in [0.2, 0.25) is 0 Å². The zero-order valence-electron chi connectivity index (χ0n) is 5.60. The summed E-state index contributed by atoms with van der Waals surface area (Å²) in [6.07, 6.45) is 0. The van der Waals surface area contributed by atoms with Crippen molar-refractivity contribution in [3.8, 4) is 0 Å². The standard InChI is InChI=1S/C8H9BrN/c1-2-10-8-5-3-7(9)4-6-8/h3-6,10H,1-2H2.